The van der Waals surface area contributed by atoms with Gasteiger partial charge in [-0.05, 0) is 71.9 Å². The first-order chi connectivity index (χ1) is 9.95. The summed E-state index contributed by atoms with van der Waals surface area (Å²) >= 11 is 0. The first-order valence-electron chi connectivity index (χ1n) is 8.70. The van der Waals surface area contributed by atoms with Crippen molar-refractivity contribution in [1.82, 2.24) is 15.5 Å². The highest BCUT2D eigenvalue weighted by atomic mass is 16.1. The summed E-state index contributed by atoms with van der Waals surface area (Å²) in [7, 11) is 0. The normalized spacial score (nSPS) is 23.2. The first-order valence-corrected chi connectivity index (χ1v) is 8.70. The van der Waals surface area contributed by atoms with Gasteiger partial charge in [0.25, 0.3) is 0 Å². The lowest BCUT2D eigenvalue weighted by atomic mass is 9.93. The van der Waals surface area contributed by atoms with Gasteiger partial charge >= 0.3 is 0 Å². The number of nitrogens with one attached hydrogen (secondary N) is 2. The highest BCUT2D eigenvalue weighted by Gasteiger charge is 2.27. The van der Waals surface area contributed by atoms with E-state index >= 15 is 0 Å². The molecule has 2 aliphatic heterocycles. The maximum Gasteiger partial charge on any atom is 0.220 e. The molecule has 2 saturated heterocycles. The van der Waals surface area contributed by atoms with Gasteiger partial charge in [0.15, 0.2) is 0 Å². The number of nitrogens with zero attached hydrogens (tertiary/aromatic N) is 1. The van der Waals surface area contributed by atoms with Crippen molar-refractivity contribution in [2.75, 3.05) is 26.2 Å². The van der Waals surface area contributed by atoms with Crippen LogP contribution >= 0.6 is 0 Å². The lowest BCUT2D eigenvalue weighted by Gasteiger charge is -2.41. The Labute approximate surface area is 130 Å². The van der Waals surface area contributed by atoms with Gasteiger partial charge in [-0.1, -0.05) is 0 Å². The average molecular weight is 295 g/mol. The van der Waals surface area contributed by atoms with E-state index in [4.69, 9.17) is 0 Å². The second-order valence-corrected chi connectivity index (χ2v) is 7.73. The second kappa shape index (κ2) is 7.59. The summed E-state index contributed by atoms with van der Waals surface area (Å²) in [5, 5.41) is 6.63. The number of carbonyl (C=O) groups is 1. The van der Waals surface area contributed by atoms with Crippen LogP contribution in [-0.2, 0) is 4.79 Å². The fourth-order valence-corrected chi connectivity index (χ4v) is 3.50. The largest absolute Gasteiger partial charge is 0.353 e. The van der Waals surface area contributed by atoms with E-state index in [9.17, 15) is 4.79 Å². The Bertz CT molecular complexity index is 323. The maximum absolute atomic E-state index is 12.1. The Hall–Kier alpha value is -0.610. The number of likely N-dealkylation sites (tertiary alicyclic amines) is 1. The van der Waals surface area contributed by atoms with Crippen LogP contribution in [0.25, 0.3) is 0 Å². The SMILES string of the molecule is CC(C)(C)N1CCC(NC(=O)CCC2CCNCC2)CC1. The number of rotatable bonds is 4. The smallest absolute Gasteiger partial charge is 0.220 e. The highest BCUT2D eigenvalue weighted by Crippen LogP contribution is 2.21. The maximum atomic E-state index is 12.1. The van der Waals surface area contributed by atoms with Gasteiger partial charge in [-0.3, -0.25) is 9.69 Å². The van der Waals surface area contributed by atoms with Gasteiger partial charge in [0.05, 0.1) is 0 Å². The Balaban J connectivity index is 1.62. The molecule has 0 saturated carbocycles. The molecule has 4 nitrogen and oxygen atoms in total. The molecule has 0 aromatic carbocycles. The van der Waals surface area contributed by atoms with Crippen LogP contribution in [0.4, 0.5) is 0 Å². The molecule has 2 heterocycles. The Morgan fingerprint density at radius 1 is 1.14 bits per heavy atom. The zero-order valence-corrected chi connectivity index (χ0v) is 14.1. The van der Waals surface area contributed by atoms with Crippen molar-refractivity contribution in [3.05, 3.63) is 0 Å². The summed E-state index contributed by atoms with van der Waals surface area (Å²) in [4.78, 5) is 14.6. The monoisotopic (exact) mass is 295 g/mol. The summed E-state index contributed by atoms with van der Waals surface area (Å²) < 4.78 is 0. The van der Waals surface area contributed by atoms with E-state index in [2.05, 4.69) is 36.3 Å². The van der Waals surface area contributed by atoms with E-state index in [1.54, 1.807) is 0 Å². The number of amides is 1. The zero-order chi connectivity index (χ0) is 15.3. The molecule has 0 aromatic heterocycles. The van der Waals surface area contributed by atoms with Crippen molar-refractivity contribution in [3.8, 4) is 0 Å². The van der Waals surface area contributed by atoms with E-state index in [1.807, 2.05) is 0 Å². The molecular formula is C17H33N3O. The molecule has 2 rings (SSSR count). The van der Waals surface area contributed by atoms with Gasteiger partial charge in [-0.2, -0.15) is 0 Å². The number of hydrogen-bond donors (Lipinski definition) is 2. The fourth-order valence-electron chi connectivity index (χ4n) is 3.50. The van der Waals surface area contributed by atoms with Crippen LogP contribution in [-0.4, -0.2) is 48.6 Å². The van der Waals surface area contributed by atoms with Crippen molar-refractivity contribution in [2.45, 2.75) is 70.9 Å². The molecular weight excluding hydrogens is 262 g/mol. The fraction of sp³-hybridized carbons (Fsp3) is 0.941. The van der Waals surface area contributed by atoms with Gasteiger partial charge in [-0.25, -0.2) is 0 Å². The predicted octanol–water partition coefficient (Wildman–Crippen LogP) is 2.15. The lowest BCUT2D eigenvalue weighted by molar-refractivity contribution is -0.122. The molecule has 21 heavy (non-hydrogen) atoms. The van der Waals surface area contributed by atoms with E-state index < -0.39 is 0 Å². The van der Waals surface area contributed by atoms with Crippen molar-refractivity contribution in [1.29, 1.82) is 0 Å². The molecule has 0 bridgehead atoms. The van der Waals surface area contributed by atoms with Crippen LogP contribution in [0.2, 0.25) is 0 Å². The van der Waals surface area contributed by atoms with Gasteiger partial charge < -0.3 is 10.6 Å². The molecule has 2 aliphatic rings. The quantitative estimate of drug-likeness (QED) is 0.835. The molecule has 0 unspecified atom stereocenters. The van der Waals surface area contributed by atoms with Gasteiger partial charge in [0.2, 0.25) is 5.91 Å². The summed E-state index contributed by atoms with van der Waals surface area (Å²) in [6.45, 7) is 11.3. The van der Waals surface area contributed by atoms with Crippen LogP contribution in [0.5, 0.6) is 0 Å². The lowest BCUT2D eigenvalue weighted by Crippen LogP contribution is -2.50. The third-order valence-corrected chi connectivity index (χ3v) is 5.05. The minimum Gasteiger partial charge on any atom is -0.353 e. The Morgan fingerprint density at radius 3 is 2.33 bits per heavy atom. The summed E-state index contributed by atoms with van der Waals surface area (Å²) in [6.07, 6.45) is 6.43. The third kappa shape index (κ3) is 5.59. The highest BCUT2D eigenvalue weighted by molar-refractivity contribution is 5.76. The molecule has 1 amide bonds. The van der Waals surface area contributed by atoms with Gasteiger partial charge in [0, 0.05) is 31.1 Å². The van der Waals surface area contributed by atoms with Crippen LogP contribution < -0.4 is 10.6 Å². The van der Waals surface area contributed by atoms with E-state index in [0.717, 1.165) is 51.4 Å². The zero-order valence-electron chi connectivity index (χ0n) is 14.1. The van der Waals surface area contributed by atoms with Crippen molar-refractivity contribution < 1.29 is 4.79 Å². The molecule has 0 aliphatic carbocycles. The summed E-state index contributed by atoms with van der Waals surface area (Å²) in [5.41, 5.74) is 0.254. The van der Waals surface area contributed by atoms with Crippen LogP contribution in [0.1, 0.15) is 59.3 Å². The minimum atomic E-state index is 0.254. The van der Waals surface area contributed by atoms with E-state index in [1.165, 1.54) is 12.8 Å². The molecule has 2 fully saturated rings. The van der Waals surface area contributed by atoms with Crippen molar-refractivity contribution in [2.24, 2.45) is 5.92 Å². The number of carbonyl (C=O) groups excluding carboxylic acids is 1. The standard InChI is InChI=1S/C17H33N3O/c1-17(2,3)20-12-8-15(9-13-20)19-16(21)5-4-14-6-10-18-11-7-14/h14-15,18H,4-13H2,1-3H3,(H,19,21). The summed E-state index contributed by atoms with van der Waals surface area (Å²) in [5.74, 6) is 1.02. The molecule has 4 heteroatoms. The minimum absolute atomic E-state index is 0.254. The molecule has 0 radical (unpaired) electrons. The molecule has 0 atom stereocenters. The average Bonchev–Trinajstić information content (AvgIpc) is 2.46. The van der Waals surface area contributed by atoms with Crippen LogP contribution in [0, 0.1) is 5.92 Å². The van der Waals surface area contributed by atoms with Crippen LogP contribution in [0.15, 0.2) is 0 Å². The molecule has 2 N–H and O–H groups in total. The number of piperidine rings is 2. The van der Waals surface area contributed by atoms with Gasteiger partial charge in [-0.15, -0.1) is 0 Å². The molecule has 122 valence electrons. The predicted molar refractivity (Wildman–Crippen MR) is 87.3 cm³/mol. The van der Waals surface area contributed by atoms with E-state index in [0.29, 0.717) is 12.5 Å². The molecule has 0 aromatic rings. The number of hydrogen-bond acceptors (Lipinski definition) is 3. The van der Waals surface area contributed by atoms with Gasteiger partial charge in [0.1, 0.15) is 0 Å². The van der Waals surface area contributed by atoms with E-state index in [-0.39, 0.29) is 11.4 Å². The third-order valence-electron chi connectivity index (χ3n) is 5.05. The topological polar surface area (TPSA) is 44.4 Å². The second-order valence-electron chi connectivity index (χ2n) is 7.73. The first kappa shape index (κ1) is 16.8. The van der Waals surface area contributed by atoms with Crippen molar-refractivity contribution >= 4 is 5.91 Å². The summed E-state index contributed by atoms with van der Waals surface area (Å²) in [6, 6.07) is 0.393. The van der Waals surface area contributed by atoms with Crippen LogP contribution in [0.3, 0.4) is 0 Å². The Kier molecular flexibility index (Phi) is 6.06. The Morgan fingerprint density at radius 2 is 1.76 bits per heavy atom. The molecule has 0 spiro atoms. The van der Waals surface area contributed by atoms with Crippen molar-refractivity contribution in [3.63, 3.8) is 0 Å².